The maximum absolute atomic E-state index is 5.39. The summed E-state index contributed by atoms with van der Waals surface area (Å²) in [5.41, 5.74) is 2.25. The summed E-state index contributed by atoms with van der Waals surface area (Å²) < 4.78 is 6.59. The summed E-state index contributed by atoms with van der Waals surface area (Å²) in [6.07, 6.45) is 7.22. The molecule has 2 aromatic heterocycles. The molecule has 0 spiro atoms. The van der Waals surface area contributed by atoms with Crippen molar-refractivity contribution in [3.05, 3.63) is 59.6 Å². The van der Waals surface area contributed by atoms with Crippen LogP contribution in [0, 0.1) is 4.77 Å². The van der Waals surface area contributed by atoms with Gasteiger partial charge in [-0.1, -0.05) is 12.1 Å². The minimum absolute atomic E-state index is 0.280. The van der Waals surface area contributed by atoms with Crippen molar-refractivity contribution in [1.29, 1.82) is 0 Å². The summed E-state index contributed by atoms with van der Waals surface area (Å²) in [6, 6.07) is 8.65. The van der Waals surface area contributed by atoms with Crippen LogP contribution in [0.1, 0.15) is 18.5 Å². The van der Waals surface area contributed by atoms with Gasteiger partial charge in [-0.25, -0.2) is 9.67 Å². The highest BCUT2D eigenvalue weighted by atomic mass is 32.1. The number of hydrogen-bond acceptors (Lipinski definition) is 4. The Morgan fingerprint density at radius 3 is 2.52 bits per heavy atom. The molecule has 7 heteroatoms. The Balaban J connectivity index is 1.73. The molecule has 1 aromatic carbocycles. The molecule has 23 heavy (non-hydrogen) atoms. The van der Waals surface area contributed by atoms with Crippen molar-refractivity contribution in [2.24, 2.45) is 7.05 Å². The number of hydrogen-bond donors (Lipinski definition) is 0. The van der Waals surface area contributed by atoms with Crippen LogP contribution in [0.2, 0.25) is 0 Å². The van der Waals surface area contributed by atoms with Gasteiger partial charge in [-0.3, -0.25) is 4.90 Å². The Morgan fingerprint density at radius 1 is 1.22 bits per heavy atom. The molecule has 120 valence electrons. The molecule has 0 unspecified atom stereocenters. The first-order valence-electron chi connectivity index (χ1n) is 7.43. The maximum atomic E-state index is 5.39. The Kier molecular flexibility index (Phi) is 4.40. The minimum Gasteiger partial charge on any atom is -0.327 e. The molecule has 2 heterocycles. The smallest absolute Gasteiger partial charge is 0.180 e. The van der Waals surface area contributed by atoms with Gasteiger partial charge in [0.15, 0.2) is 4.77 Å². The molecule has 0 aliphatic carbocycles. The van der Waals surface area contributed by atoms with Crippen molar-refractivity contribution in [3.63, 3.8) is 0 Å². The summed E-state index contributed by atoms with van der Waals surface area (Å²) in [6.45, 7) is 2.95. The third kappa shape index (κ3) is 3.25. The largest absolute Gasteiger partial charge is 0.327 e. The molecular formula is C16H20N6S. The lowest BCUT2D eigenvalue weighted by Crippen LogP contribution is -2.25. The van der Waals surface area contributed by atoms with E-state index in [2.05, 4.69) is 57.8 Å². The van der Waals surface area contributed by atoms with E-state index in [1.54, 1.807) is 11.0 Å². The lowest BCUT2D eigenvalue weighted by atomic mass is 10.1. The van der Waals surface area contributed by atoms with Gasteiger partial charge in [-0.05, 0) is 43.9 Å². The molecule has 0 aliphatic rings. The van der Waals surface area contributed by atoms with Crippen LogP contribution in [-0.2, 0) is 13.7 Å². The van der Waals surface area contributed by atoms with E-state index >= 15 is 0 Å². The highest BCUT2D eigenvalue weighted by Gasteiger charge is 2.12. The topological polar surface area (TPSA) is 43.8 Å². The molecule has 1 atom stereocenters. The van der Waals surface area contributed by atoms with Gasteiger partial charge in [-0.2, -0.15) is 5.10 Å². The van der Waals surface area contributed by atoms with Gasteiger partial charge in [0.1, 0.15) is 12.7 Å². The zero-order valence-electron chi connectivity index (χ0n) is 13.5. The fourth-order valence-electron chi connectivity index (χ4n) is 2.48. The van der Waals surface area contributed by atoms with Crippen molar-refractivity contribution < 1.29 is 0 Å². The average Bonchev–Trinajstić information content (AvgIpc) is 3.20. The van der Waals surface area contributed by atoms with E-state index in [-0.39, 0.29) is 6.04 Å². The molecular weight excluding hydrogens is 308 g/mol. The molecule has 6 nitrogen and oxygen atoms in total. The molecule has 0 fully saturated rings. The molecule has 0 radical (unpaired) electrons. The molecule has 0 saturated carbocycles. The second-order valence-electron chi connectivity index (χ2n) is 5.67. The third-order valence-electron chi connectivity index (χ3n) is 4.11. The average molecular weight is 328 g/mol. The highest BCUT2D eigenvalue weighted by molar-refractivity contribution is 7.71. The van der Waals surface area contributed by atoms with Crippen LogP contribution in [0.25, 0.3) is 5.69 Å². The Bertz CT molecular complexity index is 815. The van der Waals surface area contributed by atoms with Gasteiger partial charge in [-0.15, -0.1) is 0 Å². The van der Waals surface area contributed by atoms with Crippen LogP contribution >= 0.6 is 12.2 Å². The molecule has 0 amide bonds. The van der Waals surface area contributed by atoms with Crippen molar-refractivity contribution in [3.8, 4) is 5.69 Å². The minimum atomic E-state index is 0.280. The zero-order chi connectivity index (χ0) is 16.4. The number of imidazole rings is 1. The van der Waals surface area contributed by atoms with Gasteiger partial charge < -0.3 is 9.13 Å². The monoisotopic (exact) mass is 328 g/mol. The predicted octanol–water partition coefficient (Wildman–Crippen LogP) is 2.79. The summed E-state index contributed by atoms with van der Waals surface area (Å²) in [4.78, 5) is 6.23. The summed E-state index contributed by atoms with van der Waals surface area (Å²) >= 11 is 5.39. The molecule has 0 saturated heterocycles. The Morgan fingerprint density at radius 2 is 1.96 bits per heavy atom. The van der Waals surface area contributed by atoms with E-state index < -0.39 is 0 Å². The Hall–Kier alpha value is -2.25. The van der Waals surface area contributed by atoms with Crippen LogP contribution in [0.4, 0.5) is 0 Å². The molecule has 0 aliphatic heterocycles. The lowest BCUT2D eigenvalue weighted by molar-refractivity contribution is 0.205. The molecule has 0 bridgehead atoms. The first-order valence-corrected chi connectivity index (χ1v) is 7.84. The van der Waals surface area contributed by atoms with Gasteiger partial charge in [0.25, 0.3) is 0 Å². The Labute approximate surface area is 140 Å². The van der Waals surface area contributed by atoms with Crippen molar-refractivity contribution in [2.45, 2.75) is 19.6 Å². The quantitative estimate of drug-likeness (QED) is 0.676. The number of nitrogens with zero attached hydrogens (tertiary/aromatic N) is 6. The van der Waals surface area contributed by atoms with Crippen molar-refractivity contribution in [1.82, 2.24) is 28.8 Å². The predicted molar refractivity (Wildman–Crippen MR) is 91.8 cm³/mol. The van der Waals surface area contributed by atoms with Gasteiger partial charge in [0, 0.05) is 25.5 Å². The zero-order valence-corrected chi connectivity index (χ0v) is 14.3. The van der Waals surface area contributed by atoms with Crippen molar-refractivity contribution >= 4 is 12.2 Å². The third-order valence-corrected chi connectivity index (χ3v) is 4.64. The van der Waals surface area contributed by atoms with Crippen LogP contribution in [0.15, 0.2) is 49.3 Å². The second kappa shape index (κ2) is 6.47. The van der Waals surface area contributed by atoms with Gasteiger partial charge in [0.05, 0.1) is 12.4 Å². The van der Waals surface area contributed by atoms with Crippen LogP contribution in [-0.4, -0.2) is 35.8 Å². The number of aryl methyl sites for hydroxylation is 1. The second-order valence-corrected chi connectivity index (χ2v) is 6.03. The highest BCUT2D eigenvalue weighted by Crippen LogP contribution is 2.20. The van der Waals surface area contributed by atoms with E-state index in [0.717, 1.165) is 17.1 Å². The van der Waals surface area contributed by atoms with Crippen LogP contribution < -0.4 is 0 Å². The summed E-state index contributed by atoms with van der Waals surface area (Å²) in [5, 5.41) is 4.14. The molecule has 3 aromatic rings. The van der Waals surface area contributed by atoms with E-state index in [0.29, 0.717) is 0 Å². The number of benzene rings is 1. The normalized spacial score (nSPS) is 12.7. The lowest BCUT2D eigenvalue weighted by Gasteiger charge is -2.25. The molecule has 3 rings (SSSR count). The first kappa shape index (κ1) is 15.6. The maximum Gasteiger partial charge on any atom is 0.180 e. The van der Waals surface area contributed by atoms with E-state index in [4.69, 9.17) is 12.2 Å². The van der Waals surface area contributed by atoms with Crippen LogP contribution in [0.5, 0.6) is 0 Å². The summed E-state index contributed by atoms with van der Waals surface area (Å²) in [7, 11) is 4.07. The van der Waals surface area contributed by atoms with E-state index in [1.807, 2.05) is 24.0 Å². The summed E-state index contributed by atoms with van der Waals surface area (Å²) in [5.74, 6) is 0. The number of aromatic nitrogens is 5. The van der Waals surface area contributed by atoms with Gasteiger partial charge >= 0.3 is 0 Å². The van der Waals surface area contributed by atoms with E-state index in [1.165, 1.54) is 11.9 Å². The fourth-order valence-corrected chi connectivity index (χ4v) is 2.66. The first-order chi connectivity index (χ1) is 11.1. The molecule has 0 N–H and O–H groups in total. The van der Waals surface area contributed by atoms with E-state index in [9.17, 15) is 0 Å². The van der Waals surface area contributed by atoms with Crippen molar-refractivity contribution in [2.75, 3.05) is 7.05 Å². The number of rotatable bonds is 5. The SMILES string of the molecule is C[C@@H](c1ccc(-n2cncn2)cc1)N(C)Cn1ccn(C)c1=S. The van der Waals surface area contributed by atoms with Crippen LogP contribution in [0.3, 0.4) is 0 Å². The standard InChI is InChI=1S/C16H20N6S/c1-13(20(3)12-21-9-8-19(2)16(21)23)14-4-6-15(7-5-14)22-11-17-10-18-22/h4-11,13H,12H2,1-3H3/t13-/m0/s1. The van der Waals surface area contributed by atoms with Gasteiger partial charge in [0.2, 0.25) is 0 Å². The fraction of sp³-hybridized carbons (Fsp3) is 0.312.